The smallest absolute Gasteiger partial charge is 0.394 e. The van der Waals surface area contributed by atoms with Crippen LogP contribution in [-0.4, -0.2) is 53.4 Å². The lowest BCUT2D eigenvalue weighted by molar-refractivity contribution is -0.147. The highest BCUT2D eigenvalue weighted by molar-refractivity contribution is 6.37. The first-order valence-electron chi connectivity index (χ1n) is 5.61. The predicted octanol–water partition coefficient (Wildman–Crippen LogP) is -0.164. The average molecular weight is 282 g/mol. The molecule has 108 valence electrons. The quantitative estimate of drug-likeness (QED) is 0.552. The van der Waals surface area contributed by atoms with E-state index in [1.807, 2.05) is 5.32 Å². The molecule has 8 nitrogen and oxygen atoms in total. The summed E-state index contributed by atoms with van der Waals surface area (Å²) in [6, 6.07) is 4.27. The molecule has 0 aliphatic rings. The van der Waals surface area contributed by atoms with Crippen LogP contribution in [0.5, 0.6) is 0 Å². The first-order chi connectivity index (χ1) is 9.38. The second-order valence-electron chi connectivity index (χ2n) is 3.91. The van der Waals surface area contributed by atoms with Gasteiger partial charge in [-0.15, -0.1) is 0 Å². The molecule has 0 radical (unpaired) electrons. The van der Waals surface area contributed by atoms with Gasteiger partial charge in [-0.05, 0) is 12.1 Å². The fourth-order valence-corrected chi connectivity index (χ4v) is 1.63. The van der Waals surface area contributed by atoms with Crippen LogP contribution in [0, 0.1) is 0 Å². The van der Waals surface area contributed by atoms with Gasteiger partial charge in [-0.1, -0.05) is 6.07 Å². The number of aliphatic hydroxyl groups is 1. The Morgan fingerprint density at radius 3 is 2.40 bits per heavy atom. The number of rotatable bonds is 5. The van der Waals surface area contributed by atoms with E-state index in [9.17, 15) is 19.5 Å². The van der Waals surface area contributed by atoms with Gasteiger partial charge < -0.3 is 25.5 Å². The van der Waals surface area contributed by atoms with Gasteiger partial charge >= 0.3 is 17.8 Å². The fraction of sp³-hybridized carbons (Fsp3) is 0.250. The van der Waals surface area contributed by atoms with Crippen molar-refractivity contribution < 1.29 is 29.7 Å². The van der Waals surface area contributed by atoms with E-state index in [1.165, 1.54) is 23.1 Å². The normalized spacial score (nSPS) is 9.90. The summed E-state index contributed by atoms with van der Waals surface area (Å²) in [5.41, 5.74) is -0.0972. The lowest BCUT2D eigenvalue weighted by Gasteiger charge is -2.21. The largest absolute Gasteiger partial charge is 0.478 e. The monoisotopic (exact) mass is 282 g/mol. The number of carboxylic acids is 2. The maximum Gasteiger partial charge on any atom is 0.394 e. The highest BCUT2D eigenvalue weighted by atomic mass is 16.4. The van der Waals surface area contributed by atoms with Gasteiger partial charge in [0.05, 0.1) is 18.0 Å². The number of nitrogens with one attached hydrogen (secondary N) is 1. The number of carboxylic acid groups (broad SMARTS) is 2. The second kappa shape index (κ2) is 6.53. The van der Waals surface area contributed by atoms with Crippen LogP contribution in [0.15, 0.2) is 18.2 Å². The molecular formula is C12H14N2O6. The summed E-state index contributed by atoms with van der Waals surface area (Å²) in [4.78, 5) is 34.4. The van der Waals surface area contributed by atoms with Gasteiger partial charge in [0.15, 0.2) is 0 Å². The summed E-state index contributed by atoms with van der Waals surface area (Å²) in [5.74, 6) is -4.35. The Morgan fingerprint density at radius 2 is 1.90 bits per heavy atom. The zero-order chi connectivity index (χ0) is 15.3. The molecule has 1 aromatic carbocycles. The Morgan fingerprint density at radius 1 is 1.25 bits per heavy atom. The molecule has 0 fully saturated rings. The van der Waals surface area contributed by atoms with Crippen molar-refractivity contribution in [3.05, 3.63) is 23.8 Å². The van der Waals surface area contributed by atoms with Crippen LogP contribution >= 0.6 is 0 Å². The van der Waals surface area contributed by atoms with Gasteiger partial charge in [0.25, 0.3) is 0 Å². The SMILES string of the molecule is CN(CCO)c1cccc(NC(=O)C(=O)O)c1C(=O)O. The number of amides is 1. The third-order valence-electron chi connectivity index (χ3n) is 2.55. The molecule has 4 N–H and O–H groups in total. The first kappa shape index (κ1) is 15.4. The van der Waals surface area contributed by atoms with E-state index in [2.05, 4.69) is 0 Å². The van der Waals surface area contributed by atoms with Gasteiger partial charge in [-0.2, -0.15) is 0 Å². The van der Waals surface area contributed by atoms with Crippen LogP contribution in [0.3, 0.4) is 0 Å². The number of benzene rings is 1. The van der Waals surface area contributed by atoms with Crippen LogP contribution in [0.2, 0.25) is 0 Å². The zero-order valence-electron chi connectivity index (χ0n) is 10.7. The number of likely N-dealkylation sites (N-methyl/N-ethyl adjacent to an activating group) is 1. The van der Waals surface area contributed by atoms with Crippen LogP contribution in [0.25, 0.3) is 0 Å². The van der Waals surface area contributed by atoms with E-state index in [4.69, 9.17) is 10.2 Å². The van der Waals surface area contributed by atoms with E-state index in [0.29, 0.717) is 0 Å². The molecule has 0 bridgehead atoms. The molecule has 0 aromatic heterocycles. The van der Waals surface area contributed by atoms with Crippen molar-refractivity contribution in [1.29, 1.82) is 0 Å². The molecule has 0 unspecified atom stereocenters. The lowest BCUT2D eigenvalue weighted by Crippen LogP contribution is -2.26. The van der Waals surface area contributed by atoms with Gasteiger partial charge in [-0.3, -0.25) is 4.79 Å². The number of carbonyl (C=O) groups is 3. The number of aliphatic hydroxyl groups excluding tert-OH is 1. The van der Waals surface area contributed by atoms with Crippen LogP contribution in [0.1, 0.15) is 10.4 Å². The summed E-state index contributed by atoms with van der Waals surface area (Å²) in [7, 11) is 1.57. The highest BCUT2D eigenvalue weighted by Crippen LogP contribution is 2.27. The van der Waals surface area contributed by atoms with Gasteiger partial charge in [0.2, 0.25) is 0 Å². The lowest BCUT2D eigenvalue weighted by atomic mass is 10.1. The van der Waals surface area contributed by atoms with E-state index < -0.39 is 17.8 Å². The van der Waals surface area contributed by atoms with E-state index in [-0.39, 0.29) is 30.1 Å². The third-order valence-corrected chi connectivity index (χ3v) is 2.55. The molecule has 0 saturated heterocycles. The average Bonchev–Trinajstić information content (AvgIpc) is 2.38. The Kier molecular flexibility index (Phi) is 5.04. The number of hydrogen-bond donors (Lipinski definition) is 4. The first-order valence-corrected chi connectivity index (χ1v) is 5.61. The third kappa shape index (κ3) is 3.45. The molecule has 1 rings (SSSR count). The van der Waals surface area contributed by atoms with Crippen LogP contribution in [-0.2, 0) is 9.59 Å². The van der Waals surface area contributed by atoms with E-state index >= 15 is 0 Å². The fourth-order valence-electron chi connectivity index (χ4n) is 1.63. The summed E-state index contributed by atoms with van der Waals surface area (Å²) in [6.07, 6.45) is 0. The highest BCUT2D eigenvalue weighted by Gasteiger charge is 2.21. The van der Waals surface area contributed by atoms with Gasteiger partial charge in [0, 0.05) is 13.6 Å². The van der Waals surface area contributed by atoms with Crippen molar-refractivity contribution >= 4 is 29.2 Å². The molecule has 0 aliphatic carbocycles. The van der Waals surface area contributed by atoms with Gasteiger partial charge in [-0.25, -0.2) is 9.59 Å². The molecule has 0 aliphatic heterocycles. The van der Waals surface area contributed by atoms with E-state index in [1.54, 1.807) is 7.05 Å². The molecule has 0 atom stereocenters. The zero-order valence-corrected chi connectivity index (χ0v) is 10.7. The Hall–Kier alpha value is -2.61. The van der Waals surface area contributed by atoms with Gasteiger partial charge in [0.1, 0.15) is 5.56 Å². The summed E-state index contributed by atoms with van der Waals surface area (Å²) in [5, 5.41) is 28.7. The molecule has 8 heteroatoms. The Labute approximate surface area is 114 Å². The molecule has 0 saturated carbocycles. The maximum atomic E-state index is 11.3. The van der Waals surface area contributed by atoms with Crippen molar-refractivity contribution in [3.63, 3.8) is 0 Å². The molecule has 20 heavy (non-hydrogen) atoms. The number of aliphatic carboxylic acids is 1. The van der Waals surface area contributed by atoms with E-state index in [0.717, 1.165) is 0 Å². The maximum absolute atomic E-state index is 11.3. The molecular weight excluding hydrogens is 268 g/mol. The molecule has 1 amide bonds. The van der Waals surface area contributed by atoms with Crippen molar-refractivity contribution in [2.24, 2.45) is 0 Å². The summed E-state index contributed by atoms with van der Waals surface area (Å²) < 4.78 is 0. The minimum absolute atomic E-state index is 0.118. The Balaban J connectivity index is 3.25. The van der Waals surface area contributed by atoms with Crippen LogP contribution in [0.4, 0.5) is 11.4 Å². The summed E-state index contributed by atoms with van der Waals surface area (Å²) >= 11 is 0. The molecule has 0 heterocycles. The second-order valence-corrected chi connectivity index (χ2v) is 3.91. The van der Waals surface area contributed by atoms with Crippen molar-refractivity contribution in [2.75, 3.05) is 30.4 Å². The standard InChI is InChI=1S/C12H14N2O6/c1-14(5-6-15)8-4-2-3-7(9(8)11(17)18)13-10(16)12(19)20/h2-4,15H,5-6H2,1H3,(H,13,16)(H,17,18)(H,19,20). The van der Waals surface area contributed by atoms with Crippen molar-refractivity contribution in [3.8, 4) is 0 Å². The number of aromatic carboxylic acids is 1. The number of nitrogens with zero attached hydrogens (tertiary/aromatic N) is 1. The van der Waals surface area contributed by atoms with Crippen molar-refractivity contribution in [2.45, 2.75) is 0 Å². The number of carbonyl (C=O) groups excluding carboxylic acids is 1. The minimum atomic E-state index is -1.71. The number of anilines is 2. The predicted molar refractivity (Wildman–Crippen MR) is 70.0 cm³/mol. The van der Waals surface area contributed by atoms with Crippen LogP contribution < -0.4 is 10.2 Å². The van der Waals surface area contributed by atoms with Crippen molar-refractivity contribution in [1.82, 2.24) is 0 Å². The molecule has 0 spiro atoms. The Bertz CT molecular complexity index is 543. The molecule has 1 aromatic rings. The topological polar surface area (TPSA) is 127 Å². The minimum Gasteiger partial charge on any atom is -0.478 e. The summed E-state index contributed by atoms with van der Waals surface area (Å²) in [6.45, 7) is 0.0118. The number of hydrogen-bond acceptors (Lipinski definition) is 5.